The van der Waals surface area contributed by atoms with Gasteiger partial charge < -0.3 is 0 Å². The van der Waals surface area contributed by atoms with Crippen LogP contribution in [0.2, 0.25) is 0 Å². The van der Waals surface area contributed by atoms with Crippen molar-refractivity contribution in [3.8, 4) is 11.3 Å². The summed E-state index contributed by atoms with van der Waals surface area (Å²) in [6.07, 6.45) is 1.99. The van der Waals surface area contributed by atoms with E-state index in [-0.39, 0.29) is 0 Å². The van der Waals surface area contributed by atoms with Crippen LogP contribution < -0.4 is 0 Å². The van der Waals surface area contributed by atoms with Gasteiger partial charge in [-0.15, -0.1) is 0 Å². The lowest BCUT2D eigenvalue weighted by molar-refractivity contribution is 0.852. The van der Waals surface area contributed by atoms with E-state index in [0.29, 0.717) is 5.92 Å². The first-order valence-corrected chi connectivity index (χ1v) is 6.53. The zero-order valence-corrected chi connectivity index (χ0v) is 11.9. The van der Waals surface area contributed by atoms with Crippen molar-refractivity contribution in [2.45, 2.75) is 40.5 Å². The minimum atomic E-state index is 0.539. The molecule has 94 valence electrons. The van der Waals surface area contributed by atoms with Gasteiger partial charge in [-0.1, -0.05) is 37.6 Å². The number of aryl methyl sites for hydroxylation is 3. The maximum atomic E-state index is 4.58. The first kappa shape index (κ1) is 12.8. The molecule has 2 aromatic rings. The highest BCUT2D eigenvalue weighted by Crippen LogP contribution is 2.27. The molecule has 1 nitrogen and oxygen atoms in total. The minimum absolute atomic E-state index is 0.539. The summed E-state index contributed by atoms with van der Waals surface area (Å²) in [5.41, 5.74) is 7.58. The third-order valence-electron chi connectivity index (χ3n) is 3.42. The number of benzene rings is 1. The second-order valence-electron chi connectivity index (χ2n) is 5.40. The molecule has 0 aliphatic carbocycles. The largest absolute Gasteiger partial charge is 0.256 e. The fourth-order valence-corrected chi connectivity index (χ4v) is 2.41. The van der Waals surface area contributed by atoms with Crippen molar-refractivity contribution in [3.63, 3.8) is 0 Å². The first-order valence-electron chi connectivity index (χ1n) is 6.53. The lowest BCUT2D eigenvalue weighted by atomic mass is 9.95. The molecule has 0 saturated heterocycles. The van der Waals surface area contributed by atoms with Crippen molar-refractivity contribution < 1.29 is 0 Å². The molecule has 1 heteroatoms. The monoisotopic (exact) mass is 239 g/mol. The predicted octanol–water partition coefficient (Wildman–Crippen LogP) is 4.80. The van der Waals surface area contributed by atoms with Crippen molar-refractivity contribution in [3.05, 3.63) is 52.7 Å². The molecule has 0 radical (unpaired) electrons. The number of pyridine rings is 1. The van der Waals surface area contributed by atoms with Gasteiger partial charge in [0.25, 0.3) is 0 Å². The Balaban J connectivity index is 2.54. The Labute approximate surface area is 110 Å². The lowest BCUT2D eigenvalue weighted by Gasteiger charge is -2.13. The fourth-order valence-electron chi connectivity index (χ4n) is 2.41. The summed E-state index contributed by atoms with van der Waals surface area (Å²) in [5, 5.41) is 0. The molecule has 0 saturated carbocycles. The van der Waals surface area contributed by atoms with Crippen LogP contribution in [0.5, 0.6) is 0 Å². The van der Waals surface area contributed by atoms with E-state index < -0.39 is 0 Å². The molecule has 0 N–H and O–H groups in total. The molecule has 2 rings (SSSR count). The summed E-state index contributed by atoms with van der Waals surface area (Å²) in [4.78, 5) is 4.58. The van der Waals surface area contributed by atoms with E-state index in [4.69, 9.17) is 0 Å². The number of hydrogen-bond donors (Lipinski definition) is 0. The smallest absolute Gasteiger partial charge is 0.0707 e. The number of nitrogens with zero attached hydrogens (tertiary/aromatic N) is 1. The highest BCUT2D eigenvalue weighted by molar-refractivity contribution is 5.65. The summed E-state index contributed by atoms with van der Waals surface area (Å²) in [6, 6.07) is 8.77. The second kappa shape index (κ2) is 4.93. The number of aromatic nitrogens is 1. The van der Waals surface area contributed by atoms with Crippen LogP contribution in [0.15, 0.2) is 30.5 Å². The van der Waals surface area contributed by atoms with Gasteiger partial charge in [0, 0.05) is 11.8 Å². The van der Waals surface area contributed by atoms with Gasteiger partial charge in [-0.2, -0.15) is 0 Å². The van der Waals surface area contributed by atoms with Gasteiger partial charge in [0.15, 0.2) is 0 Å². The summed E-state index contributed by atoms with van der Waals surface area (Å²) >= 11 is 0. The Hall–Kier alpha value is -1.63. The van der Waals surface area contributed by atoms with Crippen LogP contribution in [0.3, 0.4) is 0 Å². The Morgan fingerprint density at radius 1 is 0.944 bits per heavy atom. The Morgan fingerprint density at radius 2 is 1.67 bits per heavy atom. The van der Waals surface area contributed by atoms with Gasteiger partial charge >= 0.3 is 0 Å². The predicted molar refractivity (Wildman–Crippen MR) is 78.0 cm³/mol. The average molecular weight is 239 g/mol. The lowest BCUT2D eigenvalue weighted by Crippen LogP contribution is -1.96. The number of rotatable bonds is 2. The summed E-state index contributed by atoms with van der Waals surface area (Å²) < 4.78 is 0. The SMILES string of the molecule is Cc1ccc(-c2cc(C(C)C)c(C)cn2)c(C)c1. The highest BCUT2D eigenvalue weighted by atomic mass is 14.7. The van der Waals surface area contributed by atoms with Gasteiger partial charge in [-0.25, -0.2) is 0 Å². The van der Waals surface area contributed by atoms with E-state index in [9.17, 15) is 0 Å². The summed E-state index contributed by atoms with van der Waals surface area (Å²) in [7, 11) is 0. The second-order valence-corrected chi connectivity index (χ2v) is 5.40. The number of hydrogen-bond acceptors (Lipinski definition) is 1. The first-order chi connectivity index (χ1) is 8.49. The van der Waals surface area contributed by atoms with Crippen LogP contribution in [0.4, 0.5) is 0 Å². The zero-order valence-electron chi connectivity index (χ0n) is 11.9. The summed E-state index contributed by atoms with van der Waals surface area (Å²) in [6.45, 7) is 10.9. The maximum Gasteiger partial charge on any atom is 0.0707 e. The molecular formula is C17H21N. The van der Waals surface area contributed by atoms with E-state index in [2.05, 4.69) is 63.9 Å². The van der Waals surface area contributed by atoms with Crippen LogP contribution in [0.1, 0.15) is 42.0 Å². The van der Waals surface area contributed by atoms with Crippen molar-refractivity contribution in [2.24, 2.45) is 0 Å². The molecule has 0 aliphatic rings. The van der Waals surface area contributed by atoms with Crippen molar-refractivity contribution in [2.75, 3.05) is 0 Å². The van der Waals surface area contributed by atoms with E-state index in [1.807, 2.05) is 6.20 Å². The molecule has 0 spiro atoms. The summed E-state index contributed by atoms with van der Waals surface area (Å²) in [5.74, 6) is 0.539. The molecule has 0 unspecified atom stereocenters. The third-order valence-corrected chi connectivity index (χ3v) is 3.42. The molecule has 18 heavy (non-hydrogen) atoms. The van der Waals surface area contributed by atoms with E-state index in [0.717, 1.165) is 5.69 Å². The van der Waals surface area contributed by atoms with Crippen molar-refractivity contribution >= 4 is 0 Å². The van der Waals surface area contributed by atoms with Crippen LogP contribution in [-0.2, 0) is 0 Å². The fraction of sp³-hybridized carbons (Fsp3) is 0.353. The maximum absolute atomic E-state index is 4.58. The third kappa shape index (κ3) is 2.45. The molecular weight excluding hydrogens is 218 g/mol. The van der Waals surface area contributed by atoms with Crippen LogP contribution in [-0.4, -0.2) is 4.98 Å². The topological polar surface area (TPSA) is 12.9 Å². The van der Waals surface area contributed by atoms with Gasteiger partial charge in [-0.3, -0.25) is 4.98 Å². The van der Waals surface area contributed by atoms with Crippen LogP contribution in [0.25, 0.3) is 11.3 Å². The van der Waals surface area contributed by atoms with Gasteiger partial charge in [0.05, 0.1) is 5.69 Å². The Kier molecular flexibility index (Phi) is 3.51. The van der Waals surface area contributed by atoms with Crippen LogP contribution in [0, 0.1) is 20.8 Å². The molecule has 1 heterocycles. The zero-order chi connectivity index (χ0) is 13.3. The van der Waals surface area contributed by atoms with E-state index in [1.165, 1.54) is 27.8 Å². The molecule has 1 aromatic heterocycles. The van der Waals surface area contributed by atoms with Crippen molar-refractivity contribution in [1.29, 1.82) is 0 Å². The van der Waals surface area contributed by atoms with E-state index in [1.54, 1.807) is 0 Å². The molecule has 0 fully saturated rings. The van der Waals surface area contributed by atoms with Crippen LogP contribution >= 0.6 is 0 Å². The van der Waals surface area contributed by atoms with Gasteiger partial charge in [-0.05, 0) is 49.4 Å². The van der Waals surface area contributed by atoms with Crippen molar-refractivity contribution in [1.82, 2.24) is 4.98 Å². The Bertz CT molecular complexity index is 568. The molecule has 0 atom stereocenters. The molecule has 0 aliphatic heterocycles. The standard InChI is InChI=1S/C17H21N/c1-11(2)16-9-17(18-10-14(16)5)15-7-6-12(3)8-13(15)4/h6-11H,1-5H3. The molecule has 1 aromatic carbocycles. The van der Waals surface area contributed by atoms with Gasteiger partial charge in [0.1, 0.15) is 0 Å². The Morgan fingerprint density at radius 3 is 2.28 bits per heavy atom. The minimum Gasteiger partial charge on any atom is -0.256 e. The highest BCUT2D eigenvalue weighted by Gasteiger charge is 2.08. The van der Waals surface area contributed by atoms with Gasteiger partial charge in [0.2, 0.25) is 0 Å². The molecule has 0 amide bonds. The van der Waals surface area contributed by atoms with E-state index >= 15 is 0 Å². The quantitative estimate of drug-likeness (QED) is 0.733. The average Bonchev–Trinajstić information content (AvgIpc) is 2.30. The molecule has 0 bridgehead atoms. The normalized spacial score (nSPS) is 11.0.